The lowest BCUT2D eigenvalue weighted by molar-refractivity contribution is 0.0924. The number of nitrogens with zero attached hydrogens (tertiary/aromatic N) is 3. The van der Waals surface area contributed by atoms with Gasteiger partial charge < -0.3 is 4.57 Å². The maximum atomic E-state index is 13.1. The van der Waals surface area contributed by atoms with Crippen LogP contribution in [0.4, 0.5) is 0 Å². The molecule has 0 spiro atoms. The van der Waals surface area contributed by atoms with Crippen LogP contribution in [0, 0.1) is 11.3 Å². The first-order chi connectivity index (χ1) is 12.8. The van der Waals surface area contributed by atoms with Crippen molar-refractivity contribution in [2.75, 3.05) is 13.1 Å². The van der Waals surface area contributed by atoms with Gasteiger partial charge in [-0.2, -0.15) is 5.26 Å². The minimum Gasteiger partial charge on any atom is -0.346 e. The lowest BCUT2D eigenvalue weighted by Crippen LogP contribution is -2.29. The van der Waals surface area contributed by atoms with E-state index in [1.54, 1.807) is 11.3 Å². The maximum absolute atomic E-state index is 13.1. The fourth-order valence-electron chi connectivity index (χ4n) is 3.91. The van der Waals surface area contributed by atoms with Gasteiger partial charge in [0.15, 0.2) is 5.78 Å². The zero-order valence-corrected chi connectivity index (χ0v) is 15.4. The first kappa shape index (κ1) is 17.0. The van der Waals surface area contributed by atoms with E-state index in [1.165, 1.54) is 4.88 Å². The molecule has 3 aromatic rings. The Morgan fingerprint density at radius 3 is 2.96 bits per heavy atom. The lowest BCUT2D eigenvalue weighted by atomic mass is 10.1. The number of fused-ring (bicyclic) bond motifs is 1. The largest absolute Gasteiger partial charge is 0.346 e. The Kier molecular flexibility index (Phi) is 4.87. The monoisotopic (exact) mass is 363 g/mol. The third-order valence-corrected chi connectivity index (χ3v) is 6.11. The van der Waals surface area contributed by atoms with Crippen LogP contribution in [0.5, 0.6) is 0 Å². The molecular formula is C21H21N3OS. The summed E-state index contributed by atoms with van der Waals surface area (Å²) in [6.07, 6.45) is 4.64. The van der Waals surface area contributed by atoms with Crippen LogP contribution in [0.3, 0.4) is 0 Å². The third kappa shape index (κ3) is 3.18. The SMILES string of the molecule is N#CCCn1cc(C(=O)CN2CCCC2c2cccs2)c2ccccc21. The first-order valence-electron chi connectivity index (χ1n) is 9.03. The number of ketones is 1. The summed E-state index contributed by atoms with van der Waals surface area (Å²) in [4.78, 5) is 16.8. The van der Waals surface area contributed by atoms with Gasteiger partial charge in [0, 0.05) is 40.1 Å². The van der Waals surface area contributed by atoms with Gasteiger partial charge in [-0.15, -0.1) is 11.3 Å². The Hall–Kier alpha value is -2.42. The first-order valence-corrected chi connectivity index (χ1v) is 9.91. The number of Topliss-reactive ketones (excluding diaryl/α,β-unsaturated/α-hetero) is 1. The maximum Gasteiger partial charge on any atom is 0.178 e. The van der Waals surface area contributed by atoms with Crippen molar-refractivity contribution in [1.82, 2.24) is 9.47 Å². The number of hydrogen-bond acceptors (Lipinski definition) is 4. The van der Waals surface area contributed by atoms with Crippen LogP contribution in [0.25, 0.3) is 10.9 Å². The summed E-state index contributed by atoms with van der Waals surface area (Å²) >= 11 is 1.77. The van der Waals surface area contributed by atoms with Gasteiger partial charge in [0.1, 0.15) is 0 Å². The van der Waals surface area contributed by atoms with Crippen LogP contribution in [-0.2, 0) is 6.54 Å². The number of carbonyl (C=O) groups is 1. The molecule has 1 aliphatic heterocycles. The number of thiophene rings is 1. The van der Waals surface area contributed by atoms with Crippen molar-refractivity contribution in [1.29, 1.82) is 5.26 Å². The minimum atomic E-state index is 0.167. The molecule has 0 saturated carbocycles. The molecule has 1 aromatic carbocycles. The summed E-state index contributed by atoms with van der Waals surface area (Å²) in [7, 11) is 0. The molecule has 0 amide bonds. The number of nitriles is 1. The Bertz CT molecular complexity index is 951. The second-order valence-corrected chi connectivity index (χ2v) is 7.71. The van der Waals surface area contributed by atoms with E-state index >= 15 is 0 Å². The van der Waals surface area contributed by atoms with E-state index in [0.29, 0.717) is 25.6 Å². The van der Waals surface area contributed by atoms with Gasteiger partial charge in [-0.1, -0.05) is 24.3 Å². The van der Waals surface area contributed by atoms with Crippen molar-refractivity contribution >= 4 is 28.0 Å². The normalized spacial score (nSPS) is 17.6. The Labute approximate surface area is 157 Å². The molecule has 132 valence electrons. The number of rotatable bonds is 6. The molecule has 26 heavy (non-hydrogen) atoms. The lowest BCUT2D eigenvalue weighted by Gasteiger charge is -2.22. The van der Waals surface area contributed by atoms with Gasteiger partial charge in [0.05, 0.1) is 19.0 Å². The van der Waals surface area contributed by atoms with Crippen LogP contribution < -0.4 is 0 Å². The summed E-state index contributed by atoms with van der Waals surface area (Å²) in [5.74, 6) is 0.167. The van der Waals surface area contributed by atoms with E-state index in [1.807, 2.05) is 35.0 Å². The Morgan fingerprint density at radius 1 is 1.27 bits per heavy atom. The van der Waals surface area contributed by atoms with Gasteiger partial charge in [-0.05, 0) is 36.9 Å². The molecule has 2 aromatic heterocycles. The van der Waals surface area contributed by atoms with Crippen LogP contribution in [0.15, 0.2) is 48.0 Å². The van der Waals surface area contributed by atoms with Crippen molar-refractivity contribution in [3.05, 3.63) is 58.4 Å². The topological polar surface area (TPSA) is 49.0 Å². The molecule has 0 radical (unpaired) electrons. The zero-order valence-electron chi connectivity index (χ0n) is 14.6. The van der Waals surface area contributed by atoms with E-state index in [-0.39, 0.29) is 5.78 Å². The van der Waals surface area contributed by atoms with Crippen molar-refractivity contribution in [2.45, 2.75) is 31.8 Å². The van der Waals surface area contributed by atoms with Gasteiger partial charge in [0.25, 0.3) is 0 Å². The standard InChI is InChI=1S/C21H21N3OS/c22-10-5-12-23-14-17(16-6-1-2-7-18(16)23)20(25)15-24-11-3-8-19(24)21-9-4-13-26-21/h1-2,4,6-7,9,13-14,19H,3,5,8,11-12,15H2. The third-order valence-electron chi connectivity index (χ3n) is 5.14. The van der Waals surface area contributed by atoms with Crippen molar-refractivity contribution in [3.8, 4) is 6.07 Å². The molecule has 0 bridgehead atoms. The smallest absolute Gasteiger partial charge is 0.178 e. The number of hydrogen-bond donors (Lipinski definition) is 0. The second kappa shape index (κ2) is 7.45. The number of benzene rings is 1. The van der Waals surface area contributed by atoms with Crippen molar-refractivity contribution in [3.63, 3.8) is 0 Å². The van der Waals surface area contributed by atoms with Crippen molar-refractivity contribution < 1.29 is 4.79 Å². The number of likely N-dealkylation sites (tertiary alicyclic amines) is 1. The number of carbonyl (C=O) groups excluding carboxylic acids is 1. The number of para-hydroxylation sites is 1. The van der Waals surface area contributed by atoms with E-state index in [9.17, 15) is 4.79 Å². The molecule has 1 atom stereocenters. The summed E-state index contributed by atoms with van der Waals surface area (Å²) in [6, 6.07) is 14.8. The van der Waals surface area contributed by atoms with Gasteiger partial charge in [0.2, 0.25) is 0 Å². The molecule has 1 saturated heterocycles. The second-order valence-electron chi connectivity index (χ2n) is 6.73. The number of aromatic nitrogens is 1. The highest BCUT2D eigenvalue weighted by atomic mass is 32.1. The summed E-state index contributed by atoms with van der Waals surface area (Å²) in [5, 5.41) is 12.0. The van der Waals surface area contributed by atoms with Crippen LogP contribution in [-0.4, -0.2) is 28.3 Å². The molecule has 0 aliphatic carbocycles. The molecule has 5 heteroatoms. The Morgan fingerprint density at radius 2 is 2.15 bits per heavy atom. The average Bonchev–Trinajstić information content (AvgIpc) is 3.39. The average molecular weight is 363 g/mol. The van der Waals surface area contributed by atoms with Gasteiger partial charge in [-0.3, -0.25) is 9.69 Å². The molecule has 0 N–H and O–H groups in total. The van der Waals surface area contributed by atoms with E-state index in [0.717, 1.165) is 35.9 Å². The molecule has 3 heterocycles. The highest BCUT2D eigenvalue weighted by molar-refractivity contribution is 7.10. The summed E-state index contributed by atoms with van der Waals surface area (Å²) in [6.45, 7) is 2.04. The highest BCUT2D eigenvalue weighted by Crippen LogP contribution is 2.34. The predicted octanol–water partition coefficient (Wildman–Crippen LogP) is 4.64. The predicted molar refractivity (Wildman–Crippen MR) is 104 cm³/mol. The Balaban J connectivity index is 1.59. The molecular weight excluding hydrogens is 342 g/mol. The van der Waals surface area contributed by atoms with E-state index < -0.39 is 0 Å². The minimum absolute atomic E-state index is 0.167. The van der Waals surface area contributed by atoms with Crippen molar-refractivity contribution in [2.24, 2.45) is 0 Å². The molecule has 1 unspecified atom stereocenters. The molecule has 1 fully saturated rings. The molecule has 4 rings (SSSR count). The van der Waals surface area contributed by atoms with Gasteiger partial charge >= 0.3 is 0 Å². The summed E-state index contributed by atoms with van der Waals surface area (Å²) < 4.78 is 2.03. The van der Waals surface area contributed by atoms with E-state index in [2.05, 4.69) is 28.5 Å². The zero-order chi connectivity index (χ0) is 17.9. The fourth-order valence-corrected chi connectivity index (χ4v) is 4.81. The highest BCUT2D eigenvalue weighted by Gasteiger charge is 2.29. The molecule has 1 aliphatic rings. The number of aryl methyl sites for hydroxylation is 1. The van der Waals surface area contributed by atoms with E-state index in [4.69, 9.17) is 5.26 Å². The summed E-state index contributed by atoms with van der Waals surface area (Å²) in [5.41, 5.74) is 1.80. The van der Waals surface area contributed by atoms with Gasteiger partial charge in [-0.25, -0.2) is 0 Å². The van der Waals surface area contributed by atoms with Crippen LogP contribution in [0.1, 0.15) is 40.5 Å². The fraction of sp³-hybridized carbons (Fsp3) is 0.333. The molecule has 4 nitrogen and oxygen atoms in total. The quantitative estimate of drug-likeness (QED) is 0.600. The van der Waals surface area contributed by atoms with Crippen LogP contribution >= 0.6 is 11.3 Å². The van der Waals surface area contributed by atoms with Crippen LogP contribution in [0.2, 0.25) is 0 Å².